The number of aliphatic hydroxyl groups is 8. The van der Waals surface area contributed by atoms with Gasteiger partial charge in [-0.15, -0.1) is 0 Å². The molecule has 0 spiro atoms. The molecule has 2 saturated heterocycles. The number of carbonyl (C=O) groups excluding carboxylic acids is 1. The number of hydrogen-bond acceptors (Lipinski definition) is 13. The molecule has 1 amide bonds. The van der Waals surface area contributed by atoms with Gasteiger partial charge in [0.15, 0.2) is 12.6 Å². The third-order valence-corrected chi connectivity index (χ3v) is 16.6. The van der Waals surface area contributed by atoms with Crippen molar-refractivity contribution >= 4 is 5.91 Å². The molecule has 12 unspecified atom stereocenters. The molecule has 0 bridgehead atoms. The first-order valence-electron chi connectivity index (χ1n) is 32.8. The lowest BCUT2D eigenvalue weighted by molar-refractivity contribution is -0.359. The Kier molecular flexibility index (Phi) is 46.4. The van der Waals surface area contributed by atoms with Crippen LogP contribution >= 0.6 is 0 Å². The van der Waals surface area contributed by atoms with Crippen molar-refractivity contribution < 1.29 is 64.6 Å². The Hall–Kier alpha value is -1.01. The molecule has 0 saturated carbocycles. The molecule has 0 aromatic rings. The Morgan fingerprint density at radius 3 is 1.10 bits per heavy atom. The summed E-state index contributed by atoms with van der Waals surface area (Å²) in [7, 11) is 0. The highest BCUT2D eigenvalue weighted by atomic mass is 16.7. The summed E-state index contributed by atoms with van der Waals surface area (Å²) in [5.74, 6) is -0.199. The van der Waals surface area contributed by atoms with E-state index >= 15 is 0 Å². The van der Waals surface area contributed by atoms with Gasteiger partial charge in [-0.25, -0.2) is 0 Å². The van der Waals surface area contributed by atoms with E-state index in [1.54, 1.807) is 0 Å². The zero-order chi connectivity index (χ0) is 56.0. The maximum Gasteiger partial charge on any atom is 0.220 e. The Balaban J connectivity index is 1.65. The third kappa shape index (κ3) is 34.9. The Bertz CT molecular complexity index is 1300. The molecule has 458 valence electrons. The smallest absolute Gasteiger partial charge is 0.220 e. The van der Waals surface area contributed by atoms with Crippen LogP contribution in [-0.2, 0) is 23.7 Å². The topological polar surface area (TPSA) is 228 Å². The maximum atomic E-state index is 13.3. The molecule has 0 aliphatic carbocycles. The van der Waals surface area contributed by atoms with Crippen molar-refractivity contribution in [2.24, 2.45) is 0 Å². The zero-order valence-electron chi connectivity index (χ0n) is 49.5. The summed E-state index contributed by atoms with van der Waals surface area (Å²) >= 11 is 0. The molecular formula is C63H123NO13. The highest BCUT2D eigenvalue weighted by Gasteiger charge is 2.51. The average molecular weight is 1100 g/mol. The average Bonchev–Trinajstić information content (AvgIpc) is 3.43. The van der Waals surface area contributed by atoms with E-state index in [-0.39, 0.29) is 12.5 Å². The van der Waals surface area contributed by atoms with Gasteiger partial charge in [0.25, 0.3) is 0 Å². The number of amides is 1. The van der Waals surface area contributed by atoms with Crippen LogP contribution in [0.15, 0.2) is 0 Å². The van der Waals surface area contributed by atoms with Gasteiger partial charge in [0.1, 0.15) is 48.8 Å². The number of rotatable bonds is 54. The minimum Gasteiger partial charge on any atom is -0.394 e. The van der Waals surface area contributed by atoms with E-state index in [0.29, 0.717) is 12.8 Å². The Labute approximate surface area is 470 Å². The third-order valence-electron chi connectivity index (χ3n) is 16.6. The minimum absolute atomic E-state index is 0.199. The molecule has 2 rings (SSSR count). The Morgan fingerprint density at radius 2 is 0.740 bits per heavy atom. The van der Waals surface area contributed by atoms with Crippen LogP contribution in [0.25, 0.3) is 0 Å². The van der Waals surface area contributed by atoms with Crippen LogP contribution in [-0.4, -0.2) is 140 Å². The molecule has 0 aromatic heterocycles. The standard InChI is InChI=1S/C63H123NO13/c1-3-5-7-9-11-13-15-17-19-20-21-22-23-24-25-26-27-28-29-30-31-33-35-37-39-41-43-45-47-55(68)64-51(52(67)46-44-42-40-38-36-34-32-18-16-14-12-10-8-6-4-2)50-74-62-60(73)58(71)61(54(49-66)76-62)77-63-59(72)57(70)56(69)53(48-65)75-63/h51-54,56-63,65-67,69-73H,3-50H2,1-2H3,(H,64,68). The van der Waals surface area contributed by atoms with Crippen molar-refractivity contribution in [3.63, 3.8) is 0 Å². The van der Waals surface area contributed by atoms with E-state index in [4.69, 9.17) is 18.9 Å². The summed E-state index contributed by atoms with van der Waals surface area (Å²) < 4.78 is 22.9. The summed E-state index contributed by atoms with van der Waals surface area (Å²) in [6, 6.07) is -0.823. The first kappa shape index (κ1) is 72.1. The number of carbonyl (C=O) groups is 1. The normalized spacial score (nSPS) is 24.6. The first-order chi connectivity index (χ1) is 37.6. The van der Waals surface area contributed by atoms with E-state index in [2.05, 4.69) is 19.2 Å². The van der Waals surface area contributed by atoms with Gasteiger partial charge < -0.3 is 65.1 Å². The molecule has 14 heteroatoms. The lowest BCUT2D eigenvalue weighted by Crippen LogP contribution is -2.65. The van der Waals surface area contributed by atoms with E-state index in [1.165, 1.54) is 225 Å². The van der Waals surface area contributed by atoms with Crippen molar-refractivity contribution in [3.05, 3.63) is 0 Å². The predicted molar refractivity (Wildman–Crippen MR) is 309 cm³/mol. The van der Waals surface area contributed by atoms with Crippen molar-refractivity contribution in [2.75, 3.05) is 19.8 Å². The molecule has 0 radical (unpaired) electrons. The fraction of sp³-hybridized carbons (Fsp3) is 0.984. The first-order valence-corrected chi connectivity index (χ1v) is 32.8. The van der Waals surface area contributed by atoms with Gasteiger partial charge in [0.05, 0.1) is 32.0 Å². The molecule has 77 heavy (non-hydrogen) atoms. The zero-order valence-corrected chi connectivity index (χ0v) is 49.5. The van der Waals surface area contributed by atoms with Crippen molar-refractivity contribution in [2.45, 2.75) is 376 Å². The van der Waals surface area contributed by atoms with Gasteiger partial charge >= 0.3 is 0 Å². The highest BCUT2D eigenvalue weighted by Crippen LogP contribution is 2.30. The summed E-state index contributed by atoms with van der Waals surface area (Å²) in [5.41, 5.74) is 0. The van der Waals surface area contributed by atoms with Gasteiger partial charge in [0.2, 0.25) is 5.91 Å². The largest absolute Gasteiger partial charge is 0.394 e. The van der Waals surface area contributed by atoms with Gasteiger partial charge in [-0.1, -0.05) is 284 Å². The van der Waals surface area contributed by atoms with E-state index in [1.807, 2.05) is 0 Å². The van der Waals surface area contributed by atoms with Crippen LogP contribution in [0.3, 0.4) is 0 Å². The molecule has 2 heterocycles. The van der Waals surface area contributed by atoms with Crippen molar-refractivity contribution in [1.29, 1.82) is 0 Å². The fourth-order valence-corrected chi connectivity index (χ4v) is 11.3. The molecule has 14 nitrogen and oxygen atoms in total. The molecule has 2 aliphatic rings. The van der Waals surface area contributed by atoms with Crippen LogP contribution in [0.5, 0.6) is 0 Å². The van der Waals surface area contributed by atoms with Gasteiger partial charge in [-0.3, -0.25) is 4.79 Å². The van der Waals surface area contributed by atoms with E-state index in [0.717, 1.165) is 51.4 Å². The van der Waals surface area contributed by atoms with Crippen LogP contribution in [0.4, 0.5) is 0 Å². The monoisotopic (exact) mass is 1100 g/mol. The van der Waals surface area contributed by atoms with Crippen molar-refractivity contribution in [3.8, 4) is 0 Å². The van der Waals surface area contributed by atoms with Crippen LogP contribution in [0.2, 0.25) is 0 Å². The second-order valence-electron chi connectivity index (χ2n) is 23.6. The molecule has 2 aliphatic heterocycles. The Morgan fingerprint density at radius 1 is 0.416 bits per heavy atom. The number of ether oxygens (including phenoxy) is 4. The molecule has 9 N–H and O–H groups in total. The highest BCUT2D eigenvalue weighted by molar-refractivity contribution is 5.76. The van der Waals surface area contributed by atoms with E-state index in [9.17, 15) is 45.6 Å². The quantitative estimate of drug-likeness (QED) is 0.0259. The SMILES string of the molecule is CCCCCCCCCCCCCCCCCCCCCCCCCCCCCCC(=O)NC(COC1OC(CO)C(OC2OC(CO)C(O)C(O)C2O)C(O)C1O)C(O)CCCCCCCCCCCCCCCCC. The predicted octanol–water partition coefficient (Wildman–Crippen LogP) is 12.1. The summed E-state index contributed by atoms with van der Waals surface area (Å²) in [4.78, 5) is 13.3. The van der Waals surface area contributed by atoms with E-state index < -0.39 is 86.8 Å². The second kappa shape index (κ2) is 49.6. The lowest BCUT2D eigenvalue weighted by Gasteiger charge is -2.46. The summed E-state index contributed by atoms with van der Waals surface area (Å²) in [6.45, 7) is 2.91. The van der Waals surface area contributed by atoms with Crippen LogP contribution < -0.4 is 5.32 Å². The molecule has 2 fully saturated rings. The number of aliphatic hydroxyl groups excluding tert-OH is 8. The number of hydrogen-bond donors (Lipinski definition) is 9. The molecule has 12 atom stereocenters. The second-order valence-corrected chi connectivity index (χ2v) is 23.6. The molecule has 0 aromatic carbocycles. The summed E-state index contributed by atoms with van der Waals surface area (Å²) in [5, 5.41) is 87.4. The van der Waals surface area contributed by atoms with Gasteiger partial charge in [-0.2, -0.15) is 0 Å². The van der Waals surface area contributed by atoms with Crippen molar-refractivity contribution in [1.82, 2.24) is 5.32 Å². The van der Waals surface area contributed by atoms with Gasteiger partial charge in [0, 0.05) is 6.42 Å². The lowest BCUT2D eigenvalue weighted by atomic mass is 9.97. The summed E-state index contributed by atoms with van der Waals surface area (Å²) in [6.07, 6.45) is 39.8. The fourth-order valence-electron chi connectivity index (χ4n) is 11.3. The van der Waals surface area contributed by atoms with Crippen LogP contribution in [0, 0.1) is 0 Å². The van der Waals surface area contributed by atoms with Crippen LogP contribution in [0.1, 0.15) is 303 Å². The van der Waals surface area contributed by atoms with Gasteiger partial charge in [-0.05, 0) is 12.8 Å². The molecular weight excluding hydrogens is 979 g/mol. The minimum atomic E-state index is -1.78. The number of nitrogens with one attached hydrogen (secondary N) is 1. The number of unbranched alkanes of at least 4 members (excludes halogenated alkanes) is 41. The maximum absolute atomic E-state index is 13.3.